The quantitative estimate of drug-likeness (QED) is 0.839. The average molecular weight is 244 g/mol. The van der Waals surface area contributed by atoms with Gasteiger partial charge >= 0.3 is 6.09 Å². The van der Waals surface area contributed by atoms with Crippen molar-refractivity contribution < 1.29 is 9.53 Å². The fourth-order valence-corrected chi connectivity index (χ4v) is 1.15. The normalized spacial score (nSPS) is 8.78. The van der Waals surface area contributed by atoms with Crippen LogP contribution in [0, 0.1) is 6.92 Å². The summed E-state index contributed by atoms with van der Waals surface area (Å²) in [6.45, 7) is 1.94. The fraction of sp³-hybridized carbons (Fsp3) is 0.143. The van der Waals surface area contributed by atoms with Crippen molar-refractivity contribution in [1.29, 1.82) is 0 Å². The van der Waals surface area contributed by atoms with Crippen LogP contribution >= 0.6 is 0 Å². The van der Waals surface area contributed by atoms with Crippen molar-refractivity contribution in [3.63, 3.8) is 0 Å². The first kappa shape index (κ1) is 13.7. The summed E-state index contributed by atoms with van der Waals surface area (Å²) in [5.41, 5.74) is 1.07. The molecule has 94 valence electrons. The Morgan fingerprint density at radius 3 is 2.33 bits per heavy atom. The molecule has 2 aromatic rings. The Kier molecular flexibility index (Phi) is 5.97. The molecule has 0 radical (unpaired) electrons. The van der Waals surface area contributed by atoms with Gasteiger partial charge in [0.25, 0.3) is 0 Å². The van der Waals surface area contributed by atoms with Gasteiger partial charge in [-0.1, -0.05) is 18.2 Å². The van der Waals surface area contributed by atoms with Crippen LogP contribution < -0.4 is 10.1 Å². The maximum Gasteiger partial charge on any atom is 0.412 e. The van der Waals surface area contributed by atoms with E-state index in [1.807, 2.05) is 37.3 Å². The summed E-state index contributed by atoms with van der Waals surface area (Å²) >= 11 is 0. The highest BCUT2D eigenvalue weighted by Crippen LogP contribution is 2.11. The molecule has 0 saturated heterocycles. The monoisotopic (exact) mass is 244 g/mol. The van der Waals surface area contributed by atoms with Gasteiger partial charge in [-0.2, -0.15) is 0 Å². The number of hydrogen-bond donors (Lipinski definition) is 1. The SMILES string of the molecule is CNC(=O)Oc1cccc(C)c1.c1ccncc1. The smallest absolute Gasteiger partial charge is 0.410 e. The number of nitrogens with one attached hydrogen (secondary N) is 1. The van der Waals surface area contributed by atoms with E-state index in [1.54, 1.807) is 24.5 Å². The minimum absolute atomic E-state index is 0.444. The van der Waals surface area contributed by atoms with Gasteiger partial charge in [0.2, 0.25) is 0 Å². The fourth-order valence-electron chi connectivity index (χ4n) is 1.15. The van der Waals surface area contributed by atoms with Crippen LogP contribution in [0.3, 0.4) is 0 Å². The van der Waals surface area contributed by atoms with Crippen LogP contribution in [0.1, 0.15) is 5.56 Å². The van der Waals surface area contributed by atoms with E-state index in [2.05, 4.69) is 10.3 Å². The Morgan fingerprint density at radius 1 is 1.17 bits per heavy atom. The molecule has 0 spiro atoms. The maximum absolute atomic E-state index is 10.8. The zero-order chi connectivity index (χ0) is 13.2. The van der Waals surface area contributed by atoms with E-state index in [1.165, 1.54) is 7.05 Å². The molecule has 4 nitrogen and oxygen atoms in total. The summed E-state index contributed by atoms with van der Waals surface area (Å²) in [6, 6.07) is 13.0. The minimum atomic E-state index is -0.444. The van der Waals surface area contributed by atoms with Crippen molar-refractivity contribution in [3.8, 4) is 5.75 Å². The van der Waals surface area contributed by atoms with Crippen molar-refractivity contribution in [2.75, 3.05) is 7.05 Å². The molecule has 0 bridgehead atoms. The van der Waals surface area contributed by atoms with Crippen LogP contribution in [-0.2, 0) is 0 Å². The largest absolute Gasteiger partial charge is 0.412 e. The predicted octanol–water partition coefficient (Wildman–Crippen LogP) is 2.79. The molecule has 0 fully saturated rings. The summed E-state index contributed by atoms with van der Waals surface area (Å²) in [5.74, 6) is 0.564. The van der Waals surface area contributed by atoms with E-state index in [4.69, 9.17) is 4.74 Å². The Bertz CT molecular complexity index is 446. The molecule has 0 unspecified atom stereocenters. The lowest BCUT2D eigenvalue weighted by atomic mass is 10.2. The van der Waals surface area contributed by atoms with Crippen LogP contribution in [0.5, 0.6) is 5.75 Å². The van der Waals surface area contributed by atoms with E-state index in [-0.39, 0.29) is 0 Å². The first-order valence-electron chi connectivity index (χ1n) is 5.53. The highest BCUT2D eigenvalue weighted by Gasteiger charge is 1.99. The molecular weight excluding hydrogens is 228 g/mol. The van der Waals surface area contributed by atoms with Crippen LogP contribution in [-0.4, -0.2) is 18.1 Å². The van der Waals surface area contributed by atoms with E-state index in [0.29, 0.717) is 5.75 Å². The van der Waals surface area contributed by atoms with Gasteiger partial charge in [-0.05, 0) is 36.8 Å². The lowest BCUT2D eigenvalue weighted by molar-refractivity contribution is 0.203. The number of ether oxygens (including phenoxy) is 1. The molecular formula is C14H16N2O2. The van der Waals surface area contributed by atoms with Gasteiger partial charge < -0.3 is 10.1 Å². The van der Waals surface area contributed by atoms with Crippen molar-refractivity contribution >= 4 is 6.09 Å². The molecule has 1 aromatic heterocycles. The van der Waals surface area contributed by atoms with Gasteiger partial charge in [-0.3, -0.25) is 4.98 Å². The molecule has 1 aromatic carbocycles. The molecule has 1 amide bonds. The van der Waals surface area contributed by atoms with Gasteiger partial charge in [-0.25, -0.2) is 4.79 Å². The average Bonchev–Trinajstić information content (AvgIpc) is 2.41. The number of benzene rings is 1. The van der Waals surface area contributed by atoms with Gasteiger partial charge in [0.1, 0.15) is 5.75 Å². The van der Waals surface area contributed by atoms with Crippen LogP contribution in [0.15, 0.2) is 54.9 Å². The lowest BCUT2D eigenvalue weighted by Crippen LogP contribution is -2.21. The Labute approximate surface area is 107 Å². The standard InChI is InChI=1S/C9H11NO2.C5H5N/c1-7-4-3-5-8(6-7)12-9(11)10-2;1-2-4-6-5-3-1/h3-6H,1-2H3,(H,10,11);1-5H. The van der Waals surface area contributed by atoms with Crippen molar-refractivity contribution in [1.82, 2.24) is 10.3 Å². The molecule has 0 aliphatic heterocycles. The van der Waals surface area contributed by atoms with Gasteiger partial charge in [0.15, 0.2) is 0 Å². The molecule has 1 heterocycles. The highest BCUT2D eigenvalue weighted by atomic mass is 16.5. The van der Waals surface area contributed by atoms with Gasteiger partial charge in [-0.15, -0.1) is 0 Å². The predicted molar refractivity (Wildman–Crippen MR) is 70.5 cm³/mol. The summed E-state index contributed by atoms with van der Waals surface area (Å²) in [4.78, 5) is 14.5. The Morgan fingerprint density at radius 2 is 1.89 bits per heavy atom. The van der Waals surface area contributed by atoms with E-state index in [0.717, 1.165) is 5.56 Å². The summed E-state index contributed by atoms with van der Waals surface area (Å²) in [6.07, 6.45) is 3.06. The number of amides is 1. The van der Waals surface area contributed by atoms with E-state index in [9.17, 15) is 4.79 Å². The second-order valence-corrected chi connectivity index (χ2v) is 3.48. The number of carbonyl (C=O) groups excluding carboxylic acids is 1. The van der Waals surface area contributed by atoms with E-state index < -0.39 is 6.09 Å². The zero-order valence-corrected chi connectivity index (χ0v) is 10.5. The highest BCUT2D eigenvalue weighted by molar-refractivity contribution is 5.69. The number of nitrogens with zero attached hydrogens (tertiary/aromatic N) is 1. The third-order valence-corrected chi connectivity index (χ3v) is 1.97. The minimum Gasteiger partial charge on any atom is -0.410 e. The first-order chi connectivity index (χ1) is 8.72. The lowest BCUT2D eigenvalue weighted by Gasteiger charge is -2.02. The van der Waals surface area contributed by atoms with Crippen LogP contribution in [0.4, 0.5) is 4.79 Å². The third-order valence-electron chi connectivity index (χ3n) is 1.97. The maximum atomic E-state index is 10.8. The summed E-state index contributed by atoms with van der Waals surface area (Å²) < 4.78 is 4.89. The number of carbonyl (C=O) groups is 1. The number of hydrogen-bond acceptors (Lipinski definition) is 3. The van der Waals surface area contributed by atoms with Gasteiger partial charge in [0, 0.05) is 19.4 Å². The zero-order valence-electron chi connectivity index (χ0n) is 10.5. The van der Waals surface area contributed by atoms with Crippen molar-refractivity contribution in [2.45, 2.75) is 6.92 Å². The molecule has 4 heteroatoms. The van der Waals surface area contributed by atoms with Crippen LogP contribution in [0.25, 0.3) is 0 Å². The van der Waals surface area contributed by atoms with E-state index >= 15 is 0 Å². The topological polar surface area (TPSA) is 51.2 Å². The van der Waals surface area contributed by atoms with Crippen LogP contribution in [0.2, 0.25) is 0 Å². The van der Waals surface area contributed by atoms with Crippen molar-refractivity contribution in [2.24, 2.45) is 0 Å². The Balaban J connectivity index is 0.000000225. The second kappa shape index (κ2) is 7.84. The second-order valence-electron chi connectivity index (χ2n) is 3.48. The molecule has 0 aliphatic rings. The molecule has 18 heavy (non-hydrogen) atoms. The molecule has 0 saturated carbocycles. The molecule has 0 aliphatic carbocycles. The Hall–Kier alpha value is -2.36. The summed E-state index contributed by atoms with van der Waals surface area (Å²) in [5, 5.41) is 2.37. The number of pyridine rings is 1. The number of rotatable bonds is 1. The number of aryl methyl sites for hydroxylation is 1. The number of aromatic nitrogens is 1. The molecule has 0 atom stereocenters. The summed E-state index contributed by atoms with van der Waals surface area (Å²) in [7, 11) is 1.53. The van der Waals surface area contributed by atoms with Crippen molar-refractivity contribution in [3.05, 3.63) is 60.4 Å². The molecule has 2 rings (SSSR count). The van der Waals surface area contributed by atoms with Gasteiger partial charge in [0.05, 0.1) is 0 Å². The third kappa shape index (κ3) is 5.65. The molecule has 1 N–H and O–H groups in total. The first-order valence-corrected chi connectivity index (χ1v) is 5.53.